The maximum absolute atomic E-state index is 6.08. The van der Waals surface area contributed by atoms with Gasteiger partial charge in [0, 0.05) is 18.8 Å². The van der Waals surface area contributed by atoms with Gasteiger partial charge in [0.1, 0.15) is 0 Å². The second kappa shape index (κ2) is 7.65. The number of aromatic nitrogens is 4. The smallest absolute Gasteiger partial charge is 0.176 e. The summed E-state index contributed by atoms with van der Waals surface area (Å²) in [4.78, 5) is 0. The van der Waals surface area contributed by atoms with E-state index in [1.165, 1.54) is 0 Å². The first-order chi connectivity index (χ1) is 12.3. The summed E-state index contributed by atoms with van der Waals surface area (Å²) < 4.78 is 3.65. The molecule has 2 N–H and O–H groups in total. The molecule has 0 aliphatic rings. The average Bonchev–Trinajstić information content (AvgIpc) is 3.07. The molecule has 0 aliphatic carbocycles. The molecule has 2 heterocycles. The van der Waals surface area contributed by atoms with Crippen LogP contribution in [0.25, 0.3) is 0 Å². The van der Waals surface area contributed by atoms with Crippen molar-refractivity contribution in [2.45, 2.75) is 20.4 Å². The zero-order chi connectivity index (χ0) is 18.8. The second-order valence-corrected chi connectivity index (χ2v) is 7.15. The summed E-state index contributed by atoms with van der Waals surface area (Å²) in [5.41, 5.74) is 3.87. The van der Waals surface area contributed by atoms with Crippen molar-refractivity contribution in [3.8, 4) is 0 Å². The van der Waals surface area contributed by atoms with Crippen LogP contribution in [0.2, 0.25) is 10.0 Å². The van der Waals surface area contributed by atoms with E-state index in [2.05, 4.69) is 20.8 Å². The number of halogens is 2. The molecule has 0 spiro atoms. The predicted octanol–water partition coefficient (Wildman–Crippen LogP) is 4.40. The van der Waals surface area contributed by atoms with Crippen LogP contribution in [0, 0.1) is 13.8 Å². The van der Waals surface area contributed by atoms with Gasteiger partial charge in [0.15, 0.2) is 10.9 Å². The molecule has 0 atom stereocenters. The maximum Gasteiger partial charge on any atom is 0.176 e. The Bertz CT molecular complexity index is 962. The summed E-state index contributed by atoms with van der Waals surface area (Å²) >= 11 is 17.4. The molecule has 6 nitrogen and oxygen atoms in total. The molecule has 0 saturated carbocycles. The van der Waals surface area contributed by atoms with Crippen LogP contribution in [0.4, 0.5) is 11.5 Å². The first-order valence-corrected chi connectivity index (χ1v) is 9.05. The Morgan fingerprint density at radius 2 is 1.92 bits per heavy atom. The third kappa shape index (κ3) is 4.17. The van der Waals surface area contributed by atoms with E-state index in [-0.39, 0.29) is 0 Å². The van der Waals surface area contributed by atoms with Crippen molar-refractivity contribution in [3.05, 3.63) is 57.5 Å². The lowest BCUT2D eigenvalue weighted by atomic mass is 10.2. The van der Waals surface area contributed by atoms with Gasteiger partial charge in [0.05, 0.1) is 34.2 Å². The molecule has 26 heavy (non-hydrogen) atoms. The lowest BCUT2D eigenvalue weighted by Crippen LogP contribution is -2.20. The molecule has 0 radical (unpaired) electrons. The first-order valence-electron chi connectivity index (χ1n) is 7.88. The van der Waals surface area contributed by atoms with E-state index in [1.807, 2.05) is 43.8 Å². The molecule has 0 fully saturated rings. The molecule has 2 aromatic heterocycles. The summed E-state index contributed by atoms with van der Waals surface area (Å²) in [6, 6.07) is 7.49. The molecule has 9 heteroatoms. The topological polar surface area (TPSA) is 59.7 Å². The molecule has 136 valence electrons. The van der Waals surface area contributed by atoms with Crippen LogP contribution in [0.5, 0.6) is 0 Å². The molecule has 0 saturated heterocycles. The summed E-state index contributed by atoms with van der Waals surface area (Å²) in [6.07, 6.45) is 1.73. The van der Waals surface area contributed by atoms with Gasteiger partial charge >= 0.3 is 0 Å². The van der Waals surface area contributed by atoms with Crippen LogP contribution in [-0.4, -0.2) is 24.7 Å². The summed E-state index contributed by atoms with van der Waals surface area (Å²) in [5, 5.41) is 16.5. The highest BCUT2D eigenvalue weighted by molar-refractivity contribution is 7.80. The quantitative estimate of drug-likeness (QED) is 0.626. The Labute approximate surface area is 167 Å². The molecule has 0 bridgehead atoms. The van der Waals surface area contributed by atoms with Crippen LogP contribution in [-0.2, 0) is 13.6 Å². The zero-order valence-corrected chi connectivity index (χ0v) is 16.9. The summed E-state index contributed by atoms with van der Waals surface area (Å²) in [5.74, 6) is 0.668. The minimum absolute atomic E-state index is 0.459. The van der Waals surface area contributed by atoms with Gasteiger partial charge in [-0.2, -0.15) is 10.2 Å². The van der Waals surface area contributed by atoms with E-state index >= 15 is 0 Å². The third-order valence-electron chi connectivity index (χ3n) is 4.02. The first kappa shape index (κ1) is 18.7. The van der Waals surface area contributed by atoms with Crippen molar-refractivity contribution in [3.63, 3.8) is 0 Å². The van der Waals surface area contributed by atoms with Crippen molar-refractivity contribution >= 4 is 52.0 Å². The number of hydrogen-bond acceptors (Lipinski definition) is 3. The Balaban J connectivity index is 1.68. The van der Waals surface area contributed by atoms with Crippen LogP contribution in [0.1, 0.15) is 17.0 Å². The van der Waals surface area contributed by atoms with E-state index in [9.17, 15) is 0 Å². The van der Waals surface area contributed by atoms with Crippen LogP contribution in [0.3, 0.4) is 0 Å². The average molecular weight is 409 g/mol. The molecule has 3 aromatic rings. The van der Waals surface area contributed by atoms with Crippen molar-refractivity contribution in [2.75, 3.05) is 10.6 Å². The molecule has 1 aromatic carbocycles. The zero-order valence-electron chi connectivity index (χ0n) is 14.5. The number of nitrogens with zero attached hydrogens (tertiary/aromatic N) is 4. The number of benzene rings is 1. The Morgan fingerprint density at radius 1 is 1.15 bits per heavy atom. The van der Waals surface area contributed by atoms with Crippen LogP contribution >= 0.6 is 35.4 Å². The van der Waals surface area contributed by atoms with Crippen LogP contribution < -0.4 is 10.6 Å². The van der Waals surface area contributed by atoms with E-state index < -0.39 is 0 Å². The largest absolute Gasteiger partial charge is 0.330 e. The van der Waals surface area contributed by atoms with Gasteiger partial charge in [-0.1, -0.05) is 29.3 Å². The summed E-state index contributed by atoms with van der Waals surface area (Å²) in [6.45, 7) is 4.54. The predicted molar refractivity (Wildman–Crippen MR) is 110 cm³/mol. The Hall–Kier alpha value is -2.09. The lowest BCUT2D eigenvalue weighted by Gasteiger charge is -2.08. The van der Waals surface area contributed by atoms with E-state index in [0.29, 0.717) is 27.5 Å². The maximum atomic E-state index is 6.08. The van der Waals surface area contributed by atoms with Gasteiger partial charge < -0.3 is 10.6 Å². The van der Waals surface area contributed by atoms with Crippen molar-refractivity contribution < 1.29 is 0 Å². The fourth-order valence-corrected chi connectivity index (χ4v) is 2.97. The standard InChI is InChI=1S/C17H18Cl2N6S/c1-10-6-16(22-17(26)21-15-8-20-24(3)11(15)2)23-25(10)9-12-4-5-13(18)14(19)7-12/h4-8H,9H2,1-3H3,(H2,21,22,23,26). The van der Waals surface area contributed by atoms with Gasteiger partial charge in [-0.15, -0.1) is 0 Å². The highest BCUT2D eigenvalue weighted by Gasteiger charge is 2.10. The van der Waals surface area contributed by atoms with Crippen molar-refractivity contribution in [1.82, 2.24) is 19.6 Å². The van der Waals surface area contributed by atoms with E-state index in [0.717, 1.165) is 22.6 Å². The third-order valence-corrected chi connectivity index (χ3v) is 4.97. The summed E-state index contributed by atoms with van der Waals surface area (Å²) in [7, 11) is 1.88. The van der Waals surface area contributed by atoms with Crippen molar-refractivity contribution in [1.29, 1.82) is 0 Å². The fourth-order valence-electron chi connectivity index (χ4n) is 2.43. The fraction of sp³-hybridized carbons (Fsp3) is 0.235. The highest BCUT2D eigenvalue weighted by Crippen LogP contribution is 2.23. The number of aryl methyl sites for hydroxylation is 2. The minimum atomic E-state index is 0.459. The lowest BCUT2D eigenvalue weighted by molar-refractivity contribution is 0.668. The van der Waals surface area contributed by atoms with Gasteiger partial charge in [-0.3, -0.25) is 9.36 Å². The minimum Gasteiger partial charge on any atom is -0.330 e. The number of anilines is 2. The molecule has 0 unspecified atom stereocenters. The van der Waals surface area contributed by atoms with Crippen LogP contribution in [0.15, 0.2) is 30.5 Å². The van der Waals surface area contributed by atoms with Gasteiger partial charge in [0.2, 0.25) is 0 Å². The molecular formula is C17H18Cl2N6S. The number of hydrogen-bond donors (Lipinski definition) is 2. The van der Waals surface area contributed by atoms with E-state index in [1.54, 1.807) is 16.9 Å². The SMILES string of the molecule is Cc1c(NC(=S)Nc2cc(C)n(Cc3ccc(Cl)c(Cl)c3)n2)cnn1C. The number of thiocarbonyl (C=S) groups is 1. The van der Waals surface area contributed by atoms with Gasteiger partial charge in [-0.25, -0.2) is 0 Å². The van der Waals surface area contributed by atoms with E-state index in [4.69, 9.17) is 35.4 Å². The Kier molecular flexibility index (Phi) is 5.50. The molecule has 3 rings (SSSR count). The monoisotopic (exact) mass is 408 g/mol. The van der Waals surface area contributed by atoms with Gasteiger partial charge in [-0.05, 0) is 43.8 Å². The van der Waals surface area contributed by atoms with Gasteiger partial charge in [0.25, 0.3) is 0 Å². The number of nitrogens with one attached hydrogen (secondary N) is 2. The second-order valence-electron chi connectivity index (χ2n) is 5.92. The number of rotatable bonds is 4. The highest BCUT2D eigenvalue weighted by atomic mass is 35.5. The normalized spacial score (nSPS) is 10.8. The van der Waals surface area contributed by atoms with Crippen molar-refractivity contribution in [2.24, 2.45) is 7.05 Å². The Morgan fingerprint density at radius 3 is 2.58 bits per heavy atom. The molecule has 0 amide bonds. The molecule has 0 aliphatic heterocycles. The molecular weight excluding hydrogens is 391 g/mol.